The van der Waals surface area contributed by atoms with Crippen LogP contribution in [0.3, 0.4) is 0 Å². The Labute approximate surface area is 213 Å². The van der Waals surface area contributed by atoms with Crippen LogP contribution < -0.4 is 9.46 Å². The molecule has 0 atom stereocenters. The van der Waals surface area contributed by atoms with E-state index >= 15 is 0 Å². The molecule has 1 amide bonds. The summed E-state index contributed by atoms with van der Waals surface area (Å²) in [5.41, 5.74) is 3.44. The maximum absolute atomic E-state index is 13.2. The second-order valence-electron chi connectivity index (χ2n) is 8.31. The van der Waals surface area contributed by atoms with Crippen molar-refractivity contribution < 1.29 is 22.3 Å². The van der Waals surface area contributed by atoms with Gasteiger partial charge in [0.05, 0.1) is 24.2 Å². The Kier molecular flexibility index (Phi) is 6.45. The van der Waals surface area contributed by atoms with Gasteiger partial charge in [-0.3, -0.25) is 4.79 Å². The van der Waals surface area contributed by atoms with E-state index in [1.54, 1.807) is 19.2 Å². The van der Waals surface area contributed by atoms with Crippen molar-refractivity contribution in [1.82, 2.24) is 14.3 Å². The van der Waals surface area contributed by atoms with Gasteiger partial charge in [-0.15, -0.1) is 0 Å². The summed E-state index contributed by atoms with van der Waals surface area (Å²) < 4.78 is 47.8. The van der Waals surface area contributed by atoms with Crippen molar-refractivity contribution in [2.24, 2.45) is 0 Å². The van der Waals surface area contributed by atoms with E-state index in [0.717, 1.165) is 52.2 Å². The second-order valence-corrected chi connectivity index (χ2v) is 9.99. The first-order valence-electron chi connectivity index (χ1n) is 11.4. The Hall–Kier alpha value is -4.50. The van der Waals surface area contributed by atoms with Gasteiger partial charge in [0.1, 0.15) is 17.3 Å². The maximum Gasteiger partial charge on any atom is 0.283 e. The molecule has 0 aliphatic carbocycles. The predicted octanol–water partition coefficient (Wildman–Crippen LogP) is 5.02. The lowest BCUT2D eigenvalue weighted by Crippen LogP contribution is -2.31. The topological polar surface area (TPSA) is 90.3 Å². The molecule has 9 heteroatoms. The number of methoxy groups -OCH3 is 1. The molecule has 3 aromatic carbocycles. The van der Waals surface area contributed by atoms with Crippen LogP contribution >= 0.6 is 0 Å². The van der Waals surface area contributed by atoms with Crippen molar-refractivity contribution in [3.05, 3.63) is 114 Å². The second kappa shape index (κ2) is 9.87. The number of amides is 1. The lowest BCUT2D eigenvalue weighted by atomic mass is 10.1. The molecule has 0 saturated heterocycles. The molecule has 186 valence electrons. The van der Waals surface area contributed by atoms with Gasteiger partial charge in [-0.05, 0) is 66.2 Å². The van der Waals surface area contributed by atoms with E-state index in [1.165, 1.54) is 6.07 Å². The molecule has 0 aliphatic heterocycles. The fraction of sp³-hybridized carbons (Fsp3) is 0.0714. The summed E-state index contributed by atoms with van der Waals surface area (Å²) in [6, 6.07) is 26.8. The molecule has 2 aromatic heterocycles. The molecule has 0 fully saturated rings. The average molecular weight is 516 g/mol. The Morgan fingerprint density at radius 2 is 1.70 bits per heavy atom. The normalized spacial score (nSPS) is 11.4. The number of rotatable bonds is 7. The number of aromatic nitrogens is 2. The van der Waals surface area contributed by atoms with Crippen LogP contribution in [0.4, 0.5) is 4.39 Å². The van der Waals surface area contributed by atoms with Crippen LogP contribution in [0.5, 0.6) is 5.75 Å². The fourth-order valence-corrected chi connectivity index (χ4v) is 5.06. The number of nitrogens with one attached hydrogen (secondary N) is 1. The minimum atomic E-state index is -4.19. The summed E-state index contributed by atoms with van der Waals surface area (Å²) in [5, 5.41) is 0.984. The molecule has 2 heterocycles. The minimum Gasteiger partial charge on any atom is -0.497 e. The van der Waals surface area contributed by atoms with Crippen LogP contribution in [0.1, 0.15) is 16.2 Å². The number of halogens is 1. The largest absolute Gasteiger partial charge is 0.497 e. The number of nitrogens with zero attached hydrogens (tertiary/aromatic N) is 2. The Bertz CT molecular complexity index is 1700. The SMILES string of the molecule is COc1ccc2c(c1)cc(-c1ccccc1)n2Cc1cccc(C(=O)NS(=O)(=O)c2ccc(F)cc2)n1. The van der Waals surface area contributed by atoms with Gasteiger partial charge >= 0.3 is 0 Å². The van der Waals surface area contributed by atoms with E-state index in [9.17, 15) is 17.6 Å². The number of sulfonamides is 1. The third-order valence-corrected chi connectivity index (χ3v) is 7.24. The van der Waals surface area contributed by atoms with Crippen molar-refractivity contribution in [1.29, 1.82) is 0 Å². The highest BCUT2D eigenvalue weighted by Gasteiger charge is 2.20. The van der Waals surface area contributed by atoms with Gasteiger partial charge in [0.15, 0.2) is 0 Å². The number of pyridine rings is 1. The number of carbonyl (C=O) groups is 1. The van der Waals surface area contributed by atoms with Crippen molar-refractivity contribution >= 4 is 26.8 Å². The molecule has 0 unspecified atom stereocenters. The van der Waals surface area contributed by atoms with Crippen LogP contribution in [-0.4, -0.2) is 31.0 Å². The average Bonchev–Trinajstić information content (AvgIpc) is 3.26. The molecule has 0 saturated carbocycles. The molecule has 1 N–H and O–H groups in total. The lowest BCUT2D eigenvalue weighted by molar-refractivity contribution is 0.0976. The number of hydrogen-bond donors (Lipinski definition) is 1. The Morgan fingerprint density at radius 1 is 0.946 bits per heavy atom. The van der Waals surface area contributed by atoms with Crippen molar-refractivity contribution in [2.45, 2.75) is 11.4 Å². The Balaban J connectivity index is 1.47. The first-order chi connectivity index (χ1) is 17.8. The smallest absolute Gasteiger partial charge is 0.283 e. The first kappa shape index (κ1) is 24.2. The van der Waals surface area contributed by atoms with Gasteiger partial charge in [-0.1, -0.05) is 36.4 Å². The zero-order valence-corrected chi connectivity index (χ0v) is 20.6. The van der Waals surface area contributed by atoms with E-state index in [1.807, 2.05) is 53.3 Å². The van der Waals surface area contributed by atoms with Crippen molar-refractivity contribution in [3.63, 3.8) is 0 Å². The molecule has 0 radical (unpaired) electrons. The summed E-state index contributed by atoms with van der Waals surface area (Å²) in [6.07, 6.45) is 0. The van der Waals surface area contributed by atoms with Crippen LogP contribution in [0.2, 0.25) is 0 Å². The molecule has 0 spiro atoms. The zero-order valence-electron chi connectivity index (χ0n) is 19.8. The minimum absolute atomic E-state index is 0.0532. The predicted molar refractivity (Wildman–Crippen MR) is 138 cm³/mol. The van der Waals surface area contributed by atoms with Gasteiger partial charge in [-0.2, -0.15) is 0 Å². The maximum atomic E-state index is 13.2. The molecule has 5 aromatic rings. The van der Waals surface area contributed by atoms with Gasteiger partial charge in [-0.25, -0.2) is 22.5 Å². The molecule has 5 rings (SSSR count). The molecule has 0 aliphatic rings. The molecular weight excluding hydrogens is 493 g/mol. The summed E-state index contributed by atoms with van der Waals surface area (Å²) >= 11 is 0. The monoisotopic (exact) mass is 515 g/mol. The standard InChI is InChI=1S/C28H22FN3O4S/c1-36-23-12-15-26-20(16-23)17-27(19-6-3-2-4-7-19)32(26)18-22-8-5-9-25(30-22)28(33)31-37(34,35)24-13-10-21(29)11-14-24/h2-17H,18H2,1H3,(H,31,33). The number of carbonyl (C=O) groups excluding carboxylic acids is 1. The molecular formula is C28H22FN3O4S. The number of hydrogen-bond acceptors (Lipinski definition) is 5. The highest BCUT2D eigenvalue weighted by atomic mass is 32.2. The summed E-state index contributed by atoms with van der Waals surface area (Å²) in [4.78, 5) is 17.0. The molecule has 37 heavy (non-hydrogen) atoms. The lowest BCUT2D eigenvalue weighted by Gasteiger charge is -2.12. The highest BCUT2D eigenvalue weighted by Crippen LogP contribution is 2.31. The zero-order chi connectivity index (χ0) is 26.0. The van der Waals surface area contributed by atoms with Crippen LogP contribution in [0.15, 0.2) is 102 Å². The molecule has 0 bridgehead atoms. The van der Waals surface area contributed by atoms with Crippen LogP contribution in [0.25, 0.3) is 22.2 Å². The van der Waals surface area contributed by atoms with E-state index in [2.05, 4.69) is 15.6 Å². The van der Waals surface area contributed by atoms with Crippen LogP contribution in [-0.2, 0) is 16.6 Å². The third kappa shape index (κ3) is 5.07. The summed E-state index contributed by atoms with van der Waals surface area (Å²) in [5.74, 6) is -0.717. The van der Waals surface area contributed by atoms with Gasteiger partial charge in [0, 0.05) is 16.6 Å². The summed E-state index contributed by atoms with van der Waals surface area (Å²) in [6.45, 7) is 0.339. The highest BCUT2D eigenvalue weighted by molar-refractivity contribution is 7.90. The van der Waals surface area contributed by atoms with E-state index in [4.69, 9.17) is 4.74 Å². The number of benzene rings is 3. The van der Waals surface area contributed by atoms with Crippen molar-refractivity contribution in [3.8, 4) is 17.0 Å². The van der Waals surface area contributed by atoms with Gasteiger partial charge in [0.2, 0.25) is 0 Å². The number of fused-ring (bicyclic) bond motifs is 1. The summed E-state index contributed by atoms with van der Waals surface area (Å²) in [7, 11) is -2.57. The number of ether oxygens (including phenoxy) is 1. The fourth-order valence-electron chi connectivity index (χ4n) is 4.10. The van der Waals surface area contributed by atoms with Crippen LogP contribution in [0, 0.1) is 5.82 Å². The van der Waals surface area contributed by atoms with Gasteiger partial charge < -0.3 is 9.30 Å². The third-order valence-electron chi connectivity index (χ3n) is 5.89. The Morgan fingerprint density at radius 3 is 2.43 bits per heavy atom. The van der Waals surface area contributed by atoms with Gasteiger partial charge in [0.25, 0.3) is 15.9 Å². The quantitative estimate of drug-likeness (QED) is 0.329. The van der Waals surface area contributed by atoms with E-state index < -0.39 is 21.7 Å². The van der Waals surface area contributed by atoms with E-state index in [-0.39, 0.29) is 10.6 Å². The first-order valence-corrected chi connectivity index (χ1v) is 12.8. The molecule has 7 nitrogen and oxygen atoms in total. The van der Waals surface area contributed by atoms with E-state index in [0.29, 0.717) is 12.2 Å². The van der Waals surface area contributed by atoms with Crippen molar-refractivity contribution in [2.75, 3.05) is 7.11 Å².